The van der Waals surface area contributed by atoms with Crippen LogP contribution in [0.25, 0.3) is 0 Å². The molecule has 0 bridgehead atoms. The molecule has 19 heavy (non-hydrogen) atoms. The quantitative estimate of drug-likeness (QED) is 0.918. The van der Waals surface area contributed by atoms with E-state index in [-0.39, 0.29) is 5.41 Å². The maximum absolute atomic E-state index is 4.75. The molecule has 0 spiro atoms. The lowest BCUT2D eigenvalue weighted by molar-refractivity contribution is 0.317. The van der Waals surface area contributed by atoms with Crippen LogP contribution in [0.15, 0.2) is 5.38 Å². The molecule has 1 aromatic rings. The molecule has 1 unspecified atom stereocenters. The predicted octanol–water partition coefficient (Wildman–Crippen LogP) is 2.77. The summed E-state index contributed by atoms with van der Waals surface area (Å²) in [4.78, 5) is 7.40. The molecule has 0 amide bonds. The minimum Gasteiger partial charge on any atom is -0.306 e. The summed E-state index contributed by atoms with van der Waals surface area (Å²) in [7, 11) is 0. The van der Waals surface area contributed by atoms with Crippen molar-refractivity contribution in [3.63, 3.8) is 0 Å². The number of thiazole rings is 1. The number of aromatic nitrogens is 1. The van der Waals surface area contributed by atoms with Crippen molar-refractivity contribution in [3.8, 4) is 0 Å². The molecule has 1 saturated carbocycles. The van der Waals surface area contributed by atoms with E-state index in [0.29, 0.717) is 6.04 Å². The topological polar surface area (TPSA) is 28.2 Å². The molecule has 0 radical (unpaired) electrons. The molecule has 3 nitrogen and oxygen atoms in total. The largest absolute Gasteiger partial charge is 0.306 e. The zero-order valence-corrected chi connectivity index (χ0v) is 13.1. The van der Waals surface area contributed by atoms with Gasteiger partial charge in [0.2, 0.25) is 0 Å². The van der Waals surface area contributed by atoms with Crippen LogP contribution in [0.1, 0.15) is 50.7 Å². The van der Waals surface area contributed by atoms with Crippen molar-refractivity contribution in [1.82, 2.24) is 15.2 Å². The summed E-state index contributed by atoms with van der Waals surface area (Å²) in [6.07, 6.45) is 4.15. The predicted molar refractivity (Wildman–Crippen MR) is 80.7 cm³/mol. The summed E-state index contributed by atoms with van der Waals surface area (Å²) in [6.45, 7) is 10.1. The monoisotopic (exact) mass is 279 g/mol. The van der Waals surface area contributed by atoms with Gasteiger partial charge in [-0.3, -0.25) is 4.90 Å². The van der Waals surface area contributed by atoms with Gasteiger partial charge >= 0.3 is 0 Å². The Bertz CT molecular complexity index is 431. The van der Waals surface area contributed by atoms with Crippen molar-refractivity contribution in [3.05, 3.63) is 16.1 Å². The van der Waals surface area contributed by atoms with Crippen molar-refractivity contribution in [1.29, 1.82) is 0 Å². The van der Waals surface area contributed by atoms with Crippen molar-refractivity contribution in [2.45, 2.75) is 64.1 Å². The van der Waals surface area contributed by atoms with E-state index in [0.717, 1.165) is 12.6 Å². The molecular formula is C15H25N3S. The molecule has 1 aliphatic heterocycles. The molecule has 2 aliphatic rings. The molecule has 2 fully saturated rings. The van der Waals surface area contributed by atoms with Gasteiger partial charge in [-0.2, -0.15) is 0 Å². The van der Waals surface area contributed by atoms with Gasteiger partial charge in [-0.05, 0) is 19.3 Å². The second-order valence-corrected chi connectivity index (χ2v) is 7.91. The van der Waals surface area contributed by atoms with Crippen molar-refractivity contribution in [2.24, 2.45) is 0 Å². The van der Waals surface area contributed by atoms with Crippen molar-refractivity contribution >= 4 is 11.3 Å². The molecule has 106 valence electrons. The standard InChI is InChI=1S/C15H25N3S/c1-15(2,3)13-10-19-14(17-13)8-16-11-6-7-18(9-11)12-4-5-12/h10-12,16H,4-9H2,1-3H3. The van der Waals surface area contributed by atoms with E-state index in [9.17, 15) is 0 Å². The highest BCUT2D eigenvalue weighted by atomic mass is 32.1. The van der Waals surface area contributed by atoms with Crippen molar-refractivity contribution < 1.29 is 0 Å². The SMILES string of the molecule is CC(C)(C)c1csc(CNC2CCN(C3CC3)C2)n1. The third-order valence-electron chi connectivity index (χ3n) is 4.15. The van der Waals surface area contributed by atoms with Gasteiger partial charge in [-0.25, -0.2) is 4.98 Å². The van der Waals surface area contributed by atoms with Crippen LogP contribution in [0.2, 0.25) is 0 Å². The van der Waals surface area contributed by atoms with Crippen LogP contribution in [0.4, 0.5) is 0 Å². The minimum atomic E-state index is 0.172. The number of hydrogen-bond acceptors (Lipinski definition) is 4. The maximum atomic E-state index is 4.75. The van der Waals surface area contributed by atoms with E-state index < -0.39 is 0 Å². The van der Waals surface area contributed by atoms with Crippen LogP contribution in [0, 0.1) is 0 Å². The first-order valence-corrected chi connectivity index (χ1v) is 8.32. The van der Waals surface area contributed by atoms with Gasteiger partial charge in [0.25, 0.3) is 0 Å². The first-order valence-electron chi connectivity index (χ1n) is 7.45. The first-order chi connectivity index (χ1) is 9.02. The molecule has 4 heteroatoms. The van der Waals surface area contributed by atoms with Gasteiger partial charge in [-0.15, -0.1) is 11.3 Å². The Balaban J connectivity index is 1.48. The first kappa shape index (κ1) is 13.5. The number of likely N-dealkylation sites (tertiary alicyclic amines) is 1. The molecule has 2 heterocycles. The summed E-state index contributed by atoms with van der Waals surface area (Å²) in [6, 6.07) is 1.58. The second-order valence-electron chi connectivity index (χ2n) is 6.97. The van der Waals surface area contributed by atoms with Gasteiger partial charge in [0.1, 0.15) is 5.01 Å². The summed E-state index contributed by atoms with van der Waals surface area (Å²) in [5.74, 6) is 0. The van der Waals surface area contributed by atoms with Crippen molar-refractivity contribution in [2.75, 3.05) is 13.1 Å². The lowest BCUT2D eigenvalue weighted by Crippen LogP contribution is -2.32. The highest BCUT2D eigenvalue weighted by molar-refractivity contribution is 7.09. The van der Waals surface area contributed by atoms with E-state index >= 15 is 0 Å². The Kier molecular flexibility index (Phi) is 3.67. The number of nitrogens with one attached hydrogen (secondary N) is 1. The van der Waals surface area contributed by atoms with Gasteiger partial charge < -0.3 is 5.32 Å². The maximum Gasteiger partial charge on any atom is 0.107 e. The minimum absolute atomic E-state index is 0.172. The number of hydrogen-bond donors (Lipinski definition) is 1. The van der Waals surface area contributed by atoms with Gasteiger partial charge in [0, 0.05) is 42.5 Å². The molecule has 3 rings (SSSR count). The zero-order valence-electron chi connectivity index (χ0n) is 12.3. The lowest BCUT2D eigenvalue weighted by atomic mass is 9.93. The summed E-state index contributed by atoms with van der Waals surface area (Å²) in [5, 5.41) is 7.12. The fraction of sp³-hybridized carbons (Fsp3) is 0.800. The zero-order chi connectivity index (χ0) is 13.5. The van der Waals surface area contributed by atoms with E-state index in [1.807, 2.05) is 0 Å². The molecule has 1 aliphatic carbocycles. The van der Waals surface area contributed by atoms with Crippen LogP contribution < -0.4 is 5.32 Å². The highest BCUT2D eigenvalue weighted by Gasteiger charge is 2.34. The smallest absolute Gasteiger partial charge is 0.107 e. The van der Waals surface area contributed by atoms with E-state index in [1.54, 1.807) is 11.3 Å². The third-order valence-corrected chi connectivity index (χ3v) is 4.99. The fourth-order valence-electron chi connectivity index (χ4n) is 2.69. The average molecular weight is 279 g/mol. The van der Waals surface area contributed by atoms with Crippen LogP contribution in [0.5, 0.6) is 0 Å². The normalized spacial score (nSPS) is 25.1. The summed E-state index contributed by atoms with van der Waals surface area (Å²) >= 11 is 1.79. The van der Waals surface area contributed by atoms with Gasteiger partial charge in [0.05, 0.1) is 5.69 Å². The number of rotatable bonds is 4. The van der Waals surface area contributed by atoms with Crippen LogP contribution in [0.3, 0.4) is 0 Å². The molecule has 0 aromatic carbocycles. The van der Waals surface area contributed by atoms with E-state index in [2.05, 4.69) is 36.4 Å². The Labute approximate surface area is 120 Å². The van der Waals surface area contributed by atoms with Crippen LogP contribution in [-0.4, -0.2) is 35.1 Å². The molecule has 1 aromatic heterocycles. The summed E-state index contributed by atoms with van der Waals surface area (Å²) < 4.78 is 0. The third kappa shape index (κ3) is 3.36. The Morgan fingerprint density at radius 3 is 2.79 bits per heavy atom. The fourth-order valence-corrected chi connectivity index (χ4v) is 3.67. The van der Waals surface area contributed by atoms with Crippen LogP contribution in [-0.2, 0) is 12.0 Å². The van der Waals surface area contributed by atoms with Crippen LogP contribution >= 0.6 is 11.3 Å². The Morgan fingerprint density at radius 2 is 2.16 bits per heavy atom. The van der Waals surface area contributed by atoms with Gasteiger partial charge in [0.15, 0.2) is 0 Å². The van der Waals surface area contributed by atoms with Gasteiger partial charge in [-0.1, -0.05) is 20.8 Å². The lowest BCUT2D eigenvalue weighted by Gasteiger charge is -2.15. The van der Waals surface area contributed by atoms with E-state index in [4.69, 9.17) is 4.98 Å². The molecular weight excluding hydrogens is 254 g/mol. The van der Waals surface area contributed by atoms with E-state index in [1.165, 1.54) is 43.1 Å². The second kappa shape index (κ2) is 5.15. The average Bonchev–Trinajstić information content (AvgIpc) is 2.91. The molecule has 1 saturated heterocycles. The Hall–Kier alpha value is -0.450. The summed E-state index contributed by atoms with van der Waals surface area (Å²) in [5.41, 5.74) is 1.39. The highest BCUT2D eigenvalue weighted by Crippen LogP contribution is 2.30. The molecule has 1 N–H and O–H groups in total. The molecule has 1 atom stereocenters. The number of nitrogens with zero attached hydrogens (tertiary/aromatic N) is 2. The Morgan fingerprint density at radius 1 is 1.37 bits per heavy atom.